The number of hydrogen-bond acceptors (Lipinski definition) is 3. The monoisotopic (exact) mass is 298 g/mol. The molecule has 4 heteroatoms. The zero-order valence-electron chi connectivity index (χ0n) is 9.86. The lowest BCUT2D eigenvalue weighted by Crippen LogP contribution is -2.34. The van der Waals surface area contributed by atoms with E-state index >= 15 is 0 Å². The maximum Gasteiger partial charge on any atom is 0.0700 e. The fraction of sp³-hybridized carbons (Fsp3) is 0.538. The lowest BCUT2D eigenvalue weighted by Gasteiger charge is -2.20. The van der Waals surface area contributed by atoms with Gasteiger partial charge in [-0.1, -0.05) is 28.1 Å². The second-order valence-corrected chi connectivity index (χ2v) is 5.30. The number of hydrogen-bond donors (Lipinski definition) is 2. The standard InChI is InChI=1S/C13H19BrN2O/c14-11-4-1-3-10(7-11)13(8-15)16-9-12-5-2-6-17-12/h1,3-4,7,12-13,16H,2,5-6,8-9,15H2. The van der Waals surface area contributed by atoms with E-state index in [0.717, 1.165) is 24.0 Å². The van der Waals surface area contributed by atoms with Crippen LogP contribution in [-0.2, 0) is 4.74 Å². The van der Waals surface area contributed by atoms with Gasteiger partial charge in [-0.3, -0.25) is 0 Å². The molecule has 94 valence electrons. The van der Waals surface area contributed by atoms with Crippen LogP contribution in [-0.4, -0.2) is 25.8 Å². The third-order valence-corrected chi connectivity index (χ3v) is 3.60. The molecule has 1 saturated heterocycles. The average Bonchev–Trinajstić information content (AvgIpc) is 2.83. The second kappa shape index (κ2) is 6.50. The van der Waals surface area contributed by atoms with Gasteiger partial charge in [-0.15, -0.1) is 0 Å². The molecule has 1 heterocycles. The number of halogens is 1. The van der Waals surface area contributed by atoms with Crippen molar-refractivity contribution in [2.75, 3.05) is 19.7 Å². The van der Waals surface area contributed by atoms with Crippen LogP contribution in [0.25, 0.3) is 0 Å². The maximum absolute atomic E-state index is 5.82. The zero-order valence-corrected chi connectivity index (χ0v) is 11.4. The van der Waals surface area contributed by atoms with E-state index in [-0.39, 0.29) is 6.04 Å². The van der Waals surface area contributed by atoms with Crippen molar-refractivity contribution in [2.24, 2.45) is 5.73 Å². The quantitative estimate of drug-likeness (QED) is 0.876. The van der Waals surface area contributed by atoms with Crippen LogP contribution >= 0.6 is 15.9 Å². The van der Waals surface area contributed by atoms with Crippen molar-refractivity contribution in [3.8, 4) is 0 Å². The van der Waals surface area contributed by atoms with Crippen LogP contribution in [0.3, 0.4) is 0 Å². The van der Waals surface area contributed by atoms with Gasteiger partial charge in [0, 0.05) is 30.2 Å². The van der Waals surface area contributed by atoms with Gasteiger partial charge in [0.05, 0.1) is 6.10 Å². The Bertz CT molecular complexity index is 353. The van der Waals surface area contributed by atoms with Gasteiger partial charge < -0.3 is 15.8 Å². The normalized spacial score (nSPS) is 21.6. The van der Waals surface area contributed by atoms with E-state index in [2.05, 4.69) is 33.4 Å². The molecule has 0 radical (unpaired) electrons. The first-order valence-electron chi connectivity index (χ1n) is 6.10. The molecule has 1 aliphatic heterocycles. The summed E-state index contributed by atoms with van der Waals surface area (Å²) >= 11 is 3.48. The number of nitrogens with two attached hydrogens (primary N) is 1. The summed E-state index contributed by atoms with van der Waals surface area (Å²) in [6.07, 6.45) is 2.69. The molecule has 0 saturated carbocycles. The summed E-state index contributed by atoms with van der Waals surface area (Å²) in [5.74, 6) is 0. The maximum atomic E-state index is 5.82. The molecule has 1 fully saturated rings. The Labute approximate surface area is 111 Å². The summed E-state index contributed by atoms with van der Waals surface area (Å²) in [4.78, 5) is 0. The van der Waals surface area contributed by atoms with E-state index in [0.29, 0.717) is 12.6 Å². The first-order valence-corrected chi connectivity index (χ1v) is 6.89. The molecule has 0 bridgehead atoms. The molecule has 2 rings (SSSR count). The third kappa shape index (κ3) is 3.78. The van der Waals surface area contributed by atoms with Crippen molar-refractivity contribution in [3.63, 3.8) is 0 Å². The summed E-state index contributed by atoms with van der Waals surface area (Å²) in [6.45, 7) is 2.38. The lowest BCUT2D eigenvalue weighted by atomic mass is 10.1. The lowest BCUT2D eigenvalue weighted by molar-refractivity contribution is 0.107. The summed E-state index contributed by atoms with van der Waals surface area (Å²) < 4.78 is 6.69. The minimum atomic E-state index is 0.205. The highest BCUT2D eigenvalue weighted by Gasteiger charge is 2.17. The number of ether oxygens (including phenoxy) is 1. The van der Waals surface area contributed by atoms with Crippen LogP contribution in [0.4, 0.5) is 0 Å². The Morgan fingerprint density at radius 3 is 3.06 bits per heavy atom. The van der Waals surface area contributed by atoms with E-state index in [9.17, 15) is 0 Å². The largest absolute Gasteiger partial charge is 0.377 e. The van der Waals surface area contributed by atoms with Crippen molar-refractivity contribution >= 4 is 15.9 Å². The van der Waals surface area contributed by atoms with Crippen molar-refractivity contribution in [3.05, 3.63) is 34.3 Å². The fourth-order valence-corrected chi connectivity index (χ4v) is 2.56. The molecule has 17 heavy (non-hydrogen) atoms. The van der Waals surface area contributed by atoms with Crippen LogP contribution in [0.1, 0.15) is 24.4 Å². The summed E-state index contributed by atoms with van der Waals surface area (Å²) in [6, 6.07) is 8.48. The molecule has 0 amide bonds. The predicted molar refractivity (Wildman–Crippen MR) is 72.9 cm³/mol. The van der Waals surface area contributed by atoms with Crippen molar-refractivity contribution in [1.82, 2.24) is 5.32 Å². The molecule has 0 aromatic heterocycles. The van der Waals surface area contributed by atoms with Gasteiger partial charge >= 0.3 is 0 Å². The van der Waals surface area contributed by atoms with E-state index in [1.807, 2.05) is 12.1 Å². The number of benzene rings is 1. The number of nitrogens with one attached hydrogen (secondary N) is 1. The van der Waals surface area contributed by atoms with E-state index in [1.54, 1.807) is 0 Å². The highest BCUT2D eigenvalue weighted by atomic mass is 79.9. The summed E-state index contributed by atoms with van der Waals surface area (Å²) in [7, 11) is 0. The van der Waals surface area contributed by atoms with Gasteiger partial charge in [0.1, 0.15) is 0 Å². The predicted octanol–water partition coefficient (Wildman–Crippen LogP) is 2.22. The summed E-state index contributed by atoms with van der Waals surface area (Å²) in [5.41, 5.74) is 7.04. The Hall–Kier alpha value is -0.420. The van der Waals surface area contributed by atoms with Gasteiger partial charge in [0.25, 0.3) is 0 Å². The van der Waals surface area contributed by atoms with Gasteiger partial charge in [-0.25, -0.2) is 0 Å². The Morgan fingerprint density at radius 1 is 1.53 bits per heavy atom. The van der Waals surface area contributed by atoms with Crippen LogP contribution in [0.15, 0.2) is 28.7 Å². The van der Waals surface area contributed by atoms with Crippen LogP contribution in [0, 0.1) is 0 Å². The van der Waals surface area contributed by atoms with Crippen molar-refractivity contribution < 1.29 is 4.74 Å². The molecule has 2 atom stereocenters. The van der Waals surface area contributed by atoms with E-state index in [4.69, 9.17) is 10.5 Å². The average molecular weight is 299 g/mol. The molecule has 0 spiro atoms. The van der Waals surface area contributed by atoms with Crippen molar-refractivity contribution in [1.29, 1.82) is 0 Å². The fourth-order valence-electron chi connectivity index (χ4n) is 2.14. The molecule has 1 aromatic carbocycles. The van der Waals surface area contributed by atoms with Gasteiger partial charge in [0.15, 0.2) is 0 Å². The smallest absolute Gasteiger partial charge is 0.0700 e. The molecule has 0 aliphatic carbocycles. The molecule has 1 aliphatic rings. The Morgan fingerprint density at radius 2 is 2.41 bits per heavy atom. The van der Waals surface area contributed by atoms with Gasteiger partial charge in [-0.05, 0) is 30.5 Å². The molecule has 3 nitrogen and oxygen atoms in total. The first-order chi connectivity index (χ1) is 8.29. The highest BCUT2D eigenvalue weighted by Crippen LogP contribution is 2.18. The zero-order chi connectivity index (χ0) is 12.1. The van der Waals surface area contributed by atoms with Crippen LogP contribution < -0.4 is 11.1 Å². The highest BCUT2D eigenvalue weighted by molar-refractivity contribution is 9.10. The van der Waals surface area contributed by atoms with Crippen LogP contribution in [0.2, 0.25) is 0 Å². The Balaban J connectivity index is 1.91. The third-order valence-electron chi connectivity index (χ3n) is 3.10. The second-order valence-electron chi connectivity index (χ2n) is 4.39. The van der Waals surface area contributed by atoms with Gasteiger partial charge in [-0.2, -0.15) is 0 Å². The van der Waals surface area contributed by atoms with Gasteiger partial charge in [0.2, 0.25) is 0 Å². The van der Waals surface area contributed by atoms with E-state index in [1.165, 1.54) is 12.0 Å². The molecule has 1 aromatic rings. The molecule has 2 unspecified atom stereocenters. The van der Waals surface area contributed by atoms with E-state index < -0.39 is 0 Å². The molecule has 3 N–H and O–H groups in total. The first kappa shape index (κ1) is 13.0. The molecular formula is C13H19BrN2O. The molecular weight excluding hydrogens is 280 g/mol. The minimum Gasteiger partial charge on any atom is -0.377 e. The van der Waals surface area contributed by atoms with Crippen molar-refractivity contribution in [2.45, 2.75) is 25.0 Å². The topological polar surface area (TPSA) is 47.3 Å². The Kier molecular flexibility index (Phi) is 4.98. The minimum absolute atomic E-state index is 0.205. The number of rotatable bonds is 5. The van der Waals surface area contributed by atoms with Crippen LogP contribution in [0.5, 0.6) is 0 Å². The SMILES string of the molecule is NCC(NCC1CCCO1)c1cccc(Br)c1. The summed E-state index contributed by atoms with van der Waals surface area (Å²) in [5, 5.41) is 3.48.